The minimum Gasteiger partial charge on any atom is -0.352 e. The van der Waals surface area contributed by atoms with Crippen LogP contribution >= 0.6 is 24.0 Å². The first-order valence-electron chi connectivity index (χ1n) is 9.52. The van der Waals surface area contributed by atoms with Gasteiger partial charge in [0.25, 0.3) is 0 Å². The molecular weight excluding hydrogens is 463 g/mol. The Morgan fingerprint density at radius 1 is 1.25 bits per heavy atom. The maximum absolute atomic E-state index is 4.55. The summed E-state index contributed by atoms with van der Waals surface area (Å²) >= 11 is 0. The highest BCUT2D eigenvalue weighted by Gasteiger charge is 2.28. The molecule has 0 bridgehead atoms. The molecule has 4 rings (SSSR count). The van der Waals surface area contributed by atoms with Gasteiger partial charge in [-0.1, -0.05) is 31.2 Å². The molecular formula is C21H27IN6. The van der Waals surface area contributed by atoms with E-state index in [0.717, 1.165) is 31.0 Å². The Kier molecular flexibility index (Phi) is 6.88. The number of fused-ring (bicyclic) bond motifs is 1. The molecule has 0 saturated carbocycles. The molecule has 2 unspecified atom stereocenters. The fraction of sp³-hybridized carbons (Fsp3) is 0.381. The quantitative estimate of drug-likeness (QED) is 0.346. The van der Waals surface area contributed by atoms with Gasteiger partial charge in [-0.15, -0.1) is 24.0 Å². The average molecular weight is 490 g/mol. The van der Waals surface area contributed by atoms with E-state index < -0.39 is 0 Å². The van der Waals surface area contributed by atoms with E-state index in [9.17, 15) is 0 Å². The van der Waals surface area contributed by atoms with Crippen LogP contribution in [0.15, 0.2) is 60.2 Å². The number of pyridine rings is 1. The molecule has 1 saturated heterocycles. The van der Waals surface area contributed by atoms with Gasteiger partial charge in [-0.05, 0) is 24.0 Å². The van der Waals surface area contributed by atoms with E-state index in [0.29, 0.717) is 18.5 Å². The number of nitrogens with zero attached hydrogens (tertiary/aromatic N) is 5. The van der Waals surface area contributed by atoms with Crippen molar-refractivity contribution >= 4 is 40.8 Å². The number of hydrogen-bond donors (Lipinski definition) is 1. The summed E-state index contributed by atoms with van der Waals surface area (Å²) in [4.78, 5) is 15.7. The molecule has 6 nitrogen and oxygen atoms in total. The van der Waals surface area contributed by atoms with Crippen LogP contribution in [0, 0.1) is 5.92 Å². The second-order valence-electron chi connectivity index (χ2n) is 7.18. The number of guanidine groups is 1. The molecule has 2 aromatic heterocycles. The number of likely N-dealkylation sites (tertiary alicyclic amines) is 1. The highest BCUT2D eigenvalue weighted by atomic mass is 127. The van der Waals surface area contributed by atoms with Crippen LogP contribution in [-0.4, -0.2) is 45.5 Å². The van der Waals surface area contributed by atoms with Crippen LogP contribution in [0.4, 0.5) is 0 Å². The van der Waals surface area contributed by atoms with Gasteiger partial charge in [0.2, 0.25) is 0 Å². The van der Waals surface area contributed by atoms with Crippen molar-refractivity contribution in [1.29, 1.82) is 0 Å². The Balaban J connectivity index is 0.00000225. The second kappa shape index (κ2) is 9.36. The molecule has 3 aromatic rings. The van der Waals surface area contributed by atoms with E-state index in [1.807, 2.05) is 31.8 Å². The minimum absolute atomic E-state index is 0. The number of nitrogens with one attached hydrogen (secondary N) is 1. The number of piperidine rings is 1. The fourth-order valence-electron chi connectivity index (χ4n) is 3.91. The van der Waals surface area contributed by atoms with E-state index in [-0.39, 0.29) is 24.0 Å². The van der Waals surface area contributed by atoms with Crippen LogP contribution in [-0.2, 0) is 6.54 Å². The summed E-state index contributed by atoms with van der Waals surface area (Å²) in [5, 5.41) is 4.70. The lowest BCUT2D eigenvalue weighted by molar-refractivity contribution is 0.189. The van der Waals surface area contributed by atoms with Gasteiger partial charge >= 0.3 is 0 Å². The zero-order valence-corrected chi connectivity index (χ0v) is 18.7. The third-order valence-corrected chi connectivity index (χ3v) is 5.49. The minimum atomic E-state index is 0. The number of hydrogen-bond acceptors (Lipinski definition) is 3. The average Bonchev–Trinajstić information content (AvgIpc) is 3.24. The highest BCUT2D eigenvalue weighted by molar-refractivity contribution is 14.0. The number of aliphatic imine (C=N–C) groups is 1. The number of benzene rings is 1. The van der Waals surface area contributed by atoms with Gasteiger partial charge in [0.15, 0.2) is 5.96 Å². The predicted octanol–water partition coefficient (Wildman–Crippen LogP) is 3.71. The molecule has 148 valence electrons. The van der Waals surface area contributed by atoms with Crippen molar-refractivity contribution < 1.29 is 0 Å². The van der Waals surface area contributed by atoms with E-state index in [1.165, 1.54) is 10.9 Å². The van der Waals surface area contributed by atoms with Crippen molar-refractivity contribution in [3.63, 3.8) is 0 Å². The van der Waals surface area contributed by atoms with Crippen LogP contribution in [0.3, 0.4) is 0 Å². The number of para-hydroxylation sites is 1. The van der Waals surface area contributed by atoms with Crippen molar-refractivity contribution in [2.75, 3.05) is 20.1 Å². The molecule has 1 aromatic carbocycles. The van der Waals surface area contributed by atoms with Gasteiger partial charge in [-0.2, -0.15) is 0 Å². The van der Waals surface area contributed by atoms with Gasteiger partial charge in [0.05, 0.1) is 17.9 Å². The molecule has 3 heterocycles. The standard InChI is InChI=1S/C21H26N6.HI/c1-16-8-11-26(14-19(16)27-12-10-23-15-27)21(22-2)25-13-18-6-3-5-17-7-4-9-24-20(17)18;/h3-7,9-10,12,15-16,19H,8,11,13-14H2,1-2H3,(H,22,25);1H. The monoisotopic (exact) mass is 490 g/mol. The number of imidazole rings is 1. The summed E-state index contributed by atoms with van der Waals surface area (Å²) in [6, 6.07) is 10.8. The maximum atomic E-state index is 4.55. The summed E-state index contributed by atoms with van der Waals surface area (Å²) in [6.07, 6.45) is 8.82. The Morgan fingerprint density at radius 3 is 2.89 bits per heavy atom. The third kappa shape index (κ3) is 4.29. The molecule has 0 amide bonds. The van der Waals surface area contributed by atoms with Crippen LogP contribution < -0.4 is 5.32 Å². The summed E-state index contributed by atoms with van der Waals surface area (Å²) in [7, 11) is 1.86. The van der Waals surface area contributed by atoms with Crippen molar-refractivity contribution in [2.24, 2.45) is 10.9 Å². The van der Waals surface area contributed by atoms with Gasteiger partial charge in [0, 0.05) is 50.7 Å². The highest BCUT2D eigenvalue weighted by Crippen LogP contribution is 2.27. The van der Waals surface area contributed by atoms with Gasteiger partial charge in [0.1, 0.15) is 0 Å². The van der Waals surface area contributed by atoms with Crippen LogP contribution in [0.2, 0.25) is 0 Å². The topological polar surface area (TPSA) is 58.3 Å². The third-order valence-electron chi connectivity index (χ3n) is 5.49. The van der Waals surface area contributed by atoms with E-state index in [4.69, 9.17) is 0 Å². The normalized spacial score (nSPS) is 20.1. The lowest BCUT2D eigenvalue weighted by Crippen LogP contribution is -2.48. The van der Waals surface area contributed by atoms with Crippen molar-refractivity contribution in [3.8, 4) is 0 Å². The second-order valence-corrected chi connectivity index (χ2v) is 7.18. The van der Waals surface area contributed by atoms with Crippen molar-refractivity contribution in [2.45, 2.75) is 25.9 Å². The first-order valence-corrected chi connectivity index (χ1v) is 9.52. The largest absolute Gasteiger partial charge is 0.352 e. The molecule has 0 aliphatic carbocycles. The van der Waals surface area contributed by atoms with E-state index in [1.54, 1.807) is 0 Å². The zero-order chi connectivity index (χ0) is 18.6. The molecule has 1 N–H and O–H groups in total. The van der Waals surface area contributed by atoms with E-state index >= 15 is 0 Å². The maximum Gasteiger partial charge on any atom is 0.193 e. The van der Waals surface area contributed by atoms with Crippen LogP contribution in [0.5, 0.6) is 0 Å². The summed E-state index contributed by atoms with van der Waals surface area (Å²) < 4.78 is 2.22. The van der Waals surface area contributed by atoms with Gasteiger partial charge in [-0.25, -0.2) is 4.98 Å². The Bertz CT molecular complexity index is 918. The van der Waals surface area contributed by atoms with E-state index in [2.05, 4.69) is 67.1 Å². The summed E-state index contributed by atoms with van der Waals surface area (Å²) in [5.41, 5.74) is 2.23. The Hall–Kier alpha value is -2.16. The number of aromatic nitrogens is 3. The summed E-state index contributed by atoms with van der Waals surface area (Å²) in [6.45, 7) is 4.98. The van der Waals surface area contributed by atoms with Gasteiger partial charge < -0.3 is 14.8 Å². The number of halogens is 1. The molecule has 1 aliphatic heterocycles. The Morgan fingerprint density at radius 2 is 2.11 bits per heavy atom. The molecule has 1 fully saturated rings. The van der Waals surface area contributed by atoms with Gasteiger partial charge in [-0.3, -0.25) is 9.98 Å². The van der Waals surface area contributed by atoms with Crippen LogP contribution in [0.25, 0.3) is 10.9 Å². The first-order chi connectivity index (χ1) is 13.3. The molecule has 7 heteroatoms. The number of rotatable bonds is 3. The molecule has 28 heavy (non-hydrogen) atoms. The molecule has 1 aliphatic rings. The van der Waals surface area contributed by atoms with Crippen molar-refractivity contribution in [3.05, 3.63) is 60.8 Å². The van der Waals surface area contributed by atoms with Crippen LogP contribution in [0.1, 0.15) is 24.9 Å². The first kappa shape index (κ1) is 20.6. The SMILES string of the molecule is CN=C(NCc1cccc2cccnc12)N1CCC(C)C(n2ccnc2)C1.I. The molecule has 2 atom stereocenters. The molecule has 0 spiro atoms. The summed E-state index contributed by atoms with van der Waals surface area (Å²) in [5.74, 6) is 1.57. The lowest BCUT2D eigenvalue weighted by atomic mass is 9.93. The fourth-order valence-corrected chi connectivity index (χ4v) is 3.91. The smallest absolute Gasteiger partial charge is 0.193 e. The Labute approximate surface area is 183 Å². The zero-order valence-electron chi connectivity index (χ0n) is 16.3. The molecule has 0 radical (unpaired) electrons. The van der Waals surface area contributed by atoms with Crippen molar-refractivity contribution in [1.82, 2.24) is 24.8 Å². The lowest BCUT2D eigenvalue weighted by Gasteiger charge is -2.39. The predicted molar refractivity (Wildman–Crippen MR) is 124 cm³/mol.